The fourth-order valence-electron chi connectivity index (χ4n) is 3.90. The first-order valence-electron chi connectivity index (χ1n) is 11.5. The van der Waals surface area contributed by atoms with Crippen LogP contribution in [0.5, 0.6) is 0 Å². The predicted molar refractivity (Wildman–Crippen MR) is 140 cm³/mol. The number of benzene rings is 3. The van der Waals surface area contributed by atoms with Gasteiger partial charge in [-0.3, -0.25) is 9.59 Å². The monoisotopic (exact) mass is 517 g/mol. The van der Waals surface area contributed by atoms with Gasteiger partial charge in [0.15, 0.2) is 6.10 Å². The first-order valence-corrected chi connectivity index (χ1v) is 11.9. The van der Waals surface area contributed by atoms with Crippen LogP contribution in [0.2, 0.25) is 5.02 Å². The second-order valence-electron chi connectivity index (χ2n) is 8.48. The van der Waals surface area contributed by atoms with E-state index in [2.05, 4.69) is 10.4 Å². The lowest BCUT2D eigenvalue weighted by Gasteiger charge is -2.20. The number of nitrogens with one attached hydrogen (secondary N) is 1. The van der Waals surface area contributed by atoms with Gasteiger partial charge in [-0.1, -0.05) is 66.2 Å². The number of amides is 1. The molecule has 3 aromatic carbocycles. The summed E-state index contributed by atoms with van der Waals surface area (Å²) in [6, 6.07) is 25.5. The van der Waals surface area contributed by atoms with Crippen LogP contribution in [0.25, 0.3) is 16.8 Å². The molecule has 0 aliphatic rings. The molecule has 188 valence electrons. The van der Waals surface area contributed by atoms with E-state index in [0.29, 0.717) is 10.7 Å². The highest BCUT2D eigenvalue weighted by Crippen LogP contribution is 2.23. The molecule has 0 radical (unpaired) electrons. The van der Waals surface area contributed by atoms with E-state index in [4.69, 9.17) is 11.6 Å². The van der Waals surface area contributed by atoms with Crippen molar-refractivity contribution in [3.05, 3.63) is 118 Å². The Labute approximate surface area is 217 Å². The summed E-state index contributed by atoms with van der Waals surface area (Å²) in [4.78, 5) is 36.6. The number of aliphatic carboxylic acids is 1. The average Bonchev–Trinajstić information content (AvgIpc) is 2.89. The second-order valence-corrected chi connectivity index (χ2v) is 8.91. The Hall–Kier alpha value is -4.27. The van der Waals surface area contributed by atoms with Crippen LogP contribution in [0.4, 0.5) is 0 Å². The molecule has 1 amide bonds. The Morgan fingerprint density at radius 1 is 0.919 bits per heavy atom. The molecule has 0 saturated heterocycles. The minimum Gasteiger partial charge on any atom is -0.479 e. The first-order chi connectivity index (χ1) is 17.8. The SMILES string of the molecule is O=C(NC(Cc1ccc(-c2cccc(Cl)c2)cc1)CC(O)C(=O)O)c1ccc(=O)n(-c2ccccc2)n1. The van der Waals surface area contributed by atoms with Gasteiger partial charge in [-0.25, -0.2) is 4.79 Å². The van der Waals surface area contributed by atoms with E-state index in [1.54, 1.807) is 36.4 Å². The summed E-state index contributed by atoms with van der Waals surface area (Å²) < 4.78 is 1.12. The molecule has 37 heavy (non-hydrogen) atoms. The topological polar surface area (TPSA) is 122 Å². The van der Waals surface area contributed by atoms with Crippen molar-refractivity contribution in [2.75, 3.05) is 0 Å². The van der Waals surface area contributed by atoms with Gasteiger partial charge in [0.05, 0.1) is 5.69 Å². The number of rotatable bonds is 9. The summed E-state index contributed by atoms with van der Waals surface area (Å²) in [5.74, 6) is -1.98. The lowest BCUT2D eigenvalue weighted by atomic mass is 9.97. The molecule has 0 aliphatic carbocycles. The number of carboxylic acid groups (broad SMARTS) is 1. The number of halogens is 1. The highest BCUT2D eigenvalue weighted by molar-refractivity contribution is 6.30. The molecule has 2 atom stereocenters. The Bertz CT molecular complexity index is 1450. The van der Waals surface area contributed by atoms with Gasteiger partial charge in [0.1, 0.15) is 5.69 Å². The standard InChI is InChI=1S/C28H24ClN3O5/c29-21-6-4-5-20(16-21)19-11-9-18(10-12-19)15-22(17-25(33)28(36)37)30-27(35)24-13-14-26(34)32(31-24)23-7-2-1-3-8-23/h1-14,16,22,25,33H,15,17H2,(H,30,35)(H,36,37). The van der Waals surface area contributed by atoms with Crippen molar-refractivity contribution in [1.82, 2.24) is 15.1 Å². The number of carbonyl (C=O) groups is 2. The summed E-state index contributed by atoms with van der Waals surface area (Å²) in [6.07, 6.45) is -1.61. The van der Waals surface area contributed by atoms with Crippen LogP contribution < -0.4 is 10.9 Å². The minimum absolute atomic E-state index is 0.0189. The van der Waals surface area contributed by atoms with E-state index in [-0.39, 0.29) is 18.5 Å². The van der Waals surface area contributed by atoms with Crippen LogP contribution in [0.15, 0.2) is 95.8 Å². The van der Waals surface area contributed by atoms with Gasteiger partial charge in [-0.15, -0.1) is 0 Å². The molecule has 0 saturated carbocycles. The average molecular weight is 518 g/mol. The van der Waals surface area contributed by atoms with Gasteiger partial charge >= 0.3 is 5.97 Å². The highest BCUT2D eigenvalue weighted by Gasteiger charge is 2.23. The summed E-state index contributed by atoms with van der Waals surface area (Å²) in [5, 5.41) is 26.7. The van der Waals surface area contributed by atoms with E-state index in [1.165, 1.54) is 12.1 Å². The zero-order chi connectivity index (χ0) is 26.4. The number of nitrogens with zero attached hydrogens (tertiary/aromatic N) is 2. The Kier molecular flexibility index (Phi) is 8.12. The van der Waals surface area contributed by atoms with Crippen molar-refractivity contribution in [2.45, 2.75) is 25.0 Å². The highest BCUT2D eigenvalue weighted by atomic mass is 35.5. The molecular formula is C28H24ClN3O5. The summed E-state index contributed by atoms with van der Waals surface area (Å²) in [5.41, 5.74) is 2.81. The fourth-order valence-corrected chi connectivity index (χ4v) is 4.09. The maximum atomic E-state index is 13.0. The minimum atomic E-state index is -1.66. The zero-order valence-electron chi connectivity index (χ0n) is 19.6. The molecule has 1 heterocycles. The van der Waals surface area contributed by atoms with Gasteiger partial charge in [0.2, 0.25) is 0 Å². The van der Waals surface area contributed by atoms with E-state index < -0.39 is 29.6 Å². The first kappa shape index (κ1) is 25.8. The number of hydrogen-bond donors (Lipinski definition) is 3. The van der Waals surface area contributed by atoms with Gasteiger partial charge in [-0.05, 0) is 53.4 Å². The van der Waals surface area contributed by atoms with Crippen LogP contribution in [0.1, 0.15) is 22.5 Å². The molecule has 4 aromatic rings. The molecule has 3 N–H and O–H groups in total. The Morgan fingerprint density at radius 2 is 1.65 bits per heavy atom. The maximum absolute atomic E-state index is 13.0. The third kappa shape index (κ3) is 6.69. The Balaban J connectivity index is 1.54. The van der Waals surface area contributed by atoms with Gasteiger partial charge in [0.25, 0.3) is 11.5 Å². The molecule has 0 aliphatic heterocycles. The van der Waals surface area contributed by atoms with Crippen LogP contribution in [-0.2, 0) is 11.2 Å². The number of carbonyl (C=O) groups excluding carboxylic acids is 1. The maximum Gasteiger partial charge on any atom is 0.332 e. The smallest absolute Gasteiger partial charge is 0.332 e. The number of aliphatic hydroxyl groups is 1. The molecule has 2 unspecified atom stereocenters. The summed E-state index contributed by atoms with van der Waals surface area (Å²) in [6.45, 7) is 0. The molecule has 8 nitrogen and oxygen atoms in total. The lowest BCUT2D eigenvalue weighted by Crippen LogP contribution is -2.41. The molecule has 4 rings (SSSR count). The van der Waals surface area contributed by atoms with Crippen LogP contribution in [-0.4, -0.2) is 44.0 Å². The molecule has 1 aromatic heterocycles. The van der Waals surface area contributed by atoms with E-state index in [1.807, 2.05) is 42.5 Å². The fraction of sp³-hybridized carbons (Fsp3) is 0.143. The second kappa shape index (κ2) is 11.6. The van der Waals surface area contributed by atoms with Crippen LogP contribution >= 0.6 is 11.6 Å². The molecule has 0 bridgehead atoms. The normalized spacial score (nSPS) is 12.5. The molecular weight excluding hydrogens is 494 g/mol. The number of aromatic nitrogens is 2. The molecule has 0 fully saturated rings. The molecule has 0 spiro atoms. The van der Waals surface area contributed by atoms with Gasteiger partial charge < -0.3 is 15.5 Å². The van der Waals surface area contributed by atoms with Crippen LogP contribution in [0, 0.1) is 0 Å². The lowest BCUT2D eigenvalue weighted by molar-refractivity contribution is -0.147. The summed E-state index contributed by atoms with van der Waals surface area (Å²) >= 11 is 6.09. The Morgan fingerprint density at radius 3 is 2.32 bits per heavy atom. The van der Waals surface area contributed by atoms with Gasteiger partial charge in [-0.2, -0.15) is 9.78 Å². The van der Waals surface area contributed by atoms with Crippen molar-refractivity contribution in [2.24, 2.45) is 0 Å². The predicted octanol–water partition coefficient (Wildman–Crippen LogP) is 3.73. The van der Waals surface area contributed by atoms with Crippen molar-refractivity contribution < 1.29 is 19.8 Å². The largest absolute Gasteiger partial charge is 0.479 e. The quantitative estimate of drug-likeness (QED) is 0.311. The number of hydrogen-bond acceptors (Lipinski definition) is 5. The number of aliphatic hydroxyl groups excluding tert-OH is 1. The molecule has 9 heteroatoms. The van der Waals surface area contributed by atoms with Crippen LogP contribution in [0.3, 0.4) is 0 Å². The van der Waals surface area contributed by atoms with E-state index >= 15 is 0 Å². The van der Waals surface area contributed by atoms with Crippen molar-refractivity contribution in [3.8, 4) is 16.8 Å². The van der Waals surface area contributed by atoms with E-state index in [9.17, 15) is 24.6 Å². The zero-order valence-corrected chi connectivity index (χ0v) is 20.4. The van der Waals surface area contributed by atoms with Gasteiger partial charge in [0, 0.05) is 23.6 Å². The van der Waals surface area contributed by atoms with E-state index in [0.717, 1.165) is 21.4 Å². The third-order valence-electron chi connectivity index (χ3n) is 5.76. The van der Waals surface area contributed by atoms with Crippen molar-refractivity contribution in [1.29, 1.82) is 0 Å². The number of para-hydroxylation sites is 1. The third-order valence-corrected chi connectivity index (χ3v) is 5.99. The van der Waals surface area contributed by atoms with Crippen molar-refractivity contribution in [3.63, 3.8) is 0 Å². The summed E-state index contributed by atoms with van der Waals surface area (Å²) in [7, 11) is 0. The number of carboxylic acids is 1. The van der Waals surface area contributed by atoms with Crippen molar-refractivity contribution >= 4 is 23.5 Å².